The molecule has 146 valence electrons. The number of allylic oxidation sites excluding steroid dienone is 3. The number of benzene rings is 2. The van der Waals surface area contributed by atoms with E-state index in [0.717, 1.165) is 11.3 Å². The summed E-state index contributed by atoms with van der Waals surface area (Å²) >= 11 is 0. The zero-order valence-corrected chi connectivity index (χ0v) is 15.8. The average Bonchev–Trinajstić information content (AvgIpc) is 2.73. The summed E-state index contributed by atoms with van der Waals surface area (Å²) in [7, 11) is 1.59. The van der Waals surface area contributed by atoms with Gasteiger partial charge in [-0.05, 0) is 29.7 Å². The molecular formula is C23H19FN2O3. The van der Waals surface area contributed by atoms with Gasteiger partial charge < -0.3 is 15.2 Å². The fourth-order valence-corrected chi connectivity index (χ4v) is 4.04. The summed E-state index contributed by atoms with van der Waals surface area (Å²) < 4.78 is 25.4. The maximum Gasteiger partial charge on any atom is 0.205 e. The number of hydrogen-bond donors (Lipinski definition) is 1. The van der Waals surface area contributed by atoms with E-state index in [9.17, 15) is 14.4 Å². The summed E-state index contributed by atoms with van der Waals surface area (Å²) in [6, 6.07) is 15.6. The lowest BCUT2D eigenvalue weighted by Gasteiger charge is -2.34. The summed E-state index contributed by atoms with van der Waals surface area (Å²) in [4.78, 5) is 13.1. The first kappa shape index (κ1) is 18.8. The van der Waals surface area contributed by atoms with Crippen LogP contribution in [-0.4, -0.2) is 12.9 Å². The number of nitriles is 1. The molecule has 0 saturated heterocycles. The zero-order chi connectivity index (χ0) is 20.5. The molecule has 4 rings (SSSR count). The van der Waals surface area contributed by atoms with E-state index >= 15 is 0 Å². The fraction of sp³-hybridized carbons (Fsp3) is 0.217. The molecule has 29 heavy (non-hydrogen) atoms. The third kappa shape index (κ3) is 3.25. The molecule has 2 N–H and O–H groups in total. The Labute approximate surface area is 167 Å². The minimum atomic E-state index is -0.853. The topological polar surface area (TPSA) is 85.3 Å². The summed E-state index contributed by atoms with van der Waals surface area (Å²) in [6.45, 7) is 0. The zero-order valence-electron chi connectivity index (χ0n) is 15.8. The molecule has 1 aliphatic heterocycles. The highest BCUT2D eigenvalue weighted by Gasteiger charge is 2.41. The molecule has 0 saturated carbocycles. The van der Waals surface area contributed by atoms with E-state index in [1.54, 1.807) is 25.3 Å². The van der Waals surface area contributed by atoms with Crippen LogP contribution >= 0.6 is 0 Å². The second kappa shape index (κ2) is 7.44. The maximum atomic E-state index is 14.6. The van der Waals surface area contributed by atoms with E-state index < -0.39 is 11.7 Å². The Hall–Kier alpha value is -3.59. The minimum absolute atomic E-state index is 0.0603. The molecule has 1 heterocycles. The van der Waals surface area contributed by atoms with Crippen molar-refractivity contribution in [3.8, 4) is 11.8 Å². The molecular weight excluding hydrogens is 371 g/mol. The number of nitrogens with zero attached hydrogens (tertiary/aromatic N) is 1. The van der Waals surface area contributed by atoms with Crippen LogP contribution in [0.25, 0.3) is 0 Å². The molecule has 0 bridgehead atoms. The van der Waals surface area contributed by atoms with Crippen LogP contribution in [0.4, 0.5) is 4.39 Å². The standard InChI is InChI=1S/C23H19FN2O3/c1-28-15-8-6-13(7-9-15)14-10-19(27)22-20(11-14)29-23(26)17(12-25)21(22)16-4-2-3-5-18(16)24/h2-9,14,21H,10-11,26H2,1H3. The van der Waals surface area contributed by atoms with Crippen LogP contribution in [-0.2, 0) is 9.53 Å². The minimum Gasteiger partial charge on any atom is -0.497 e. The average molecular weight is 390 g/mol. The molecule has 2 aromatic rings. The van der Waals surface area contributed by atoms with Gasteiger partial charge in [-0.2, -0.15) is 5.26 Å². The van der Waals surface area contributed by atoms with Crippen molar-refractivity contribution in [3.63, 3.8) is 0 Å². The van der Waals surface area contributed by atoms with Crippen LogP contribution in [0.3, 0.4) is 0 Å². The largest absolute Gasteiger partial charge is 0.497 e. The first-order chi connectivity index (χ1) is 14.0. The normalized spacial score (nSPS) is 21.3. The van der Waals surface area contributed by atoms with Crippen LogP contribution in [0.15, 0.2) is 71.3 Å². The van der Waals surface area contributed by atoms with Crippen LogP contribution < -0.4 is 10.5 Å². The van der Waals surface area contributed by atoms with Gasteiger partial charge in [-0.3, -0.25) is 4.79 Å². The van der Waals surface area contributed by atoms with Gasteiger partial charge in [0.25, 0.3) is 0 Å². The Morgan fingerprint density at radius 3 is 2.55 bits per heavy atom. The molecule has 0 aromatic heterocycles. The predicted octanol–water partition coefficient (Wildman–Crippen LogP) is 4.04. The Morgan fingerprint density at radius 1 is 1.17 bits per heavy atom. The fourth-order valence-electron chi connectivity index (χ4n) is 4.04. The highest BCUT2D eigenvalue weighted by atomic mass is 19.1. The predicted molar refractivity (Wildman–Crippen MR) is 104 cm³/mol. The number of halogens is 1. The Bertz CT molecular complexity index is 1080. The van der Waals surface area contributed by atoms with E-state index in [1.807, 2.05) is 30.3 Å². The first-order valence-electron chi connectivity index (χ1n) is 9.25. The van der Waals surface area contributed by atoms with Crippen molar-refractivity contribution in [2.75, 3.05) is 7.11 Å². The number of methoxy groups -OCH3 is 1. The van der Waals surface area contributed by atoms with Gasteiger partial charge in [0, 0.05) is 24.0 Å². The number of carbonyl (C=O) groups is 1. The van der Waals surface area contributed by atoms with Crippen LogP contribution in [0.2, 0.25) is 0 Å². The molecule has 0 spiro atoms. The Morgan fingerprint density at radius 2 is 1.90 bits per heavy atom. The second-order valence-corrected chi connectivity index (χ2v) is 7.08. The van der Waals surface area contributed by atoms with Crippen molar-refractivity contribution in [2.45, 2.75) is 24.7 Å². The summed E-state index contributed by atoms with van der Waals surface area (Å²) in [6.07, 6.45) is 0.690. The van der Waals surface area contributed by atoms with Gasteiger partial charge in [-0.25, -0.2) is 4.39 Å². The van der Waals surface area contributed by atoms with Gasteiger partial charge in [0.15, 0.2) is 5.78 Å². The molecule has 2 atom stereocenters. The van der Waals surface area contributed by atoms with Crippen molar-refractivity contribution in [1.29, 1.82) is 5.26 Å². The molecule has 2 unspecified atom stereocenters. The molecule has 0 amide bonds. The van der Waals surface area contributed by atoms with Crippen molar-refractivity contribution >= 4 is 5.78 Å². The van der Waals surface area contributed by atoms with E-state index in [4.69, 9.17) is 15.2 Å². The quantitative estimate of drug-likeness (QED) is 0.855. The van der Waals surface area contributed by atoms with Gasteiger partial charge in [0.2, 0.25) is 5.88 Å². The van der Waals surface area contributed by atoms with Gasteiger partial charge in [0.05, 0.1) is 13.0 Å². The molecule has 6 heteroatoms. The Kier molecular flexibility index (Phi) is 4.81. The summed E-state index contributed by atoms with van der Waals surface area (Å²) in [5.74, 6) is -0.541. The summed E-state index contributed by atoms with van der Waals surface area (Å²) in [5, 5.41) is 9.60. The second-order valence-electron chi connectivity index (χ2n) is 7.08. The van der Waals surface area contributed by atoms with Crippen LogP contribution in [0.1, 0.15) is 35.8 Å². The van der Waals surface area contributed by atoms with Gasteiger partial charge in [-0.1, -0.05) is 30.3 Å². The van der Waals surface area contributed by atoms with E-state index in [1.165, 1.54) is 6.07 Å². The molecule has 0 radical (unpaired) electrons. The number of hydrogen-bond acceptors (Lipinski definition) is 5. The lowest BCUT2D eigenvalue weighted by Crippen LogP contribution is -2.30. The molecule has 0 fully saturated rings. The number of carbonyl (C=O) groups excluding carboxylic acids is 1. The highest BCUT2D eigenvalue weighted by Crippen LogP contribution is 2.47. The van der Waals surface area contributed by atoms with Gasteiger partial charge in [0.1, 0.15) is 29.0 Å². The van der Waals surface area contributed by atoms with E-state index in [-0.39, 0.29) is 35.1 Å². The van der Waals surface area contributed by atoms with Crippen molar-refractivity contribution in [2.24, 2.45) is 5.73 Å². The number of nitrogens with two attached hydrogens (primary N) is 1. The first-order valence-corrected chi connectivity index (χ1v) is 9.25. The lowest BCUT2D eigenvalue weighted by atomic mass is 9.73. The smallest absolute Gasteiger partial charge is 0.205 e. The van der Waals surface area contributed by atoms with Crippen molar-refractivity contribution in [3.05, 3.63) is 88.3 Å². The monoisotopic (exact) mass is 390 g/mol. The SMILES string of the molecule is COc1ccc(C2CC(=O)C3=C(C2)OC(N)=C(C#N)C3c2ccccc2F)cc1. The van der Waals surface area contributed by atoms with E-state index in [2.05, 4.69) is 0 Å². The van der Waals surface area contributed by atoms with Crippen molar-refractivity contribution < 1.29 is 18.7 Å². The molecule has 2 aromatic carbocycles. The number of Topliss-reactive ketones (excluding diaryl/α,β-unsaturated/α-hetero) is 1. The molecule has 5 nitrogen and oxygen atoms in total. The van der Waals surface area contributed by atoms with Gasteiger partial charge in [-0.15, -0.1) is 0 Å². The molecule has 1 aliphatic carbocycles. The number of ether oxygens (including phenoxy) is 2. The van der Waals surface area contributed by atoms with Crippen LogP contribution in [0.5, 0.6) is 5.75 Å². The third-order valence-electron chi connectivity index (χ3n) is 5.46. The van der Waals surface area contributed by atoms with E-state index in [0.29, 0.717) is 17.8 Å². The maximum absolute atomic E-state index is 14.6. The molecule has 2 aliphatic rings. The third-order valence-corrected chi connectivity index (χ3v) is 5.46. The lowest BCUT2D eigenvalue weighted by molar-refractivity contribution is -0.117. The van der Waals surface area contributed by atoms with Crippen molar-refractivity contribution in [1.82, 2.24) is 0 Å². The number of ketones is 1. The van der Waals surface area contributed by atoms with Gasteiger partial charge >= 0.3 is 0 Å². The Balaban J connectivity index is 1.76. The van der Waals surface area contributed by atoms with Crippen LogP contribution in [0, 0.1) is 17.1 Å². The number of rotatable bonds is 3. The highest BCUT2D eigenvalue weighted by molar-refractivity contribution is 6.00. The summed E-state index contributed by atoms with van der Waals surface area (Å²) in [5.41, 5.74) is 7.60.